The molecule has 1 amide bonds. The van der Waals surface area contributed by atoms with Gasteiger partial charge in [-0.15, -0.1) is 0 Å². The van der Waals surface area contributed by atoms with Crippen LogP contribution in [0, 0.1) is 10.8 Å². The van der Waals surface area contributed by atoms with Gasteiger partial charge in [0.05, 0.1) is 5.69 Å². The number of nitrogens with zero attached hydrogens (tertiary/aromatic N) is 4. The first-order valence-corrected chi connectivity index (χ1v) is 15.1. The van der Waals surface area contributed by atoms with E-state index in [1.165, 1.54) is 6.33 Å². The minimum absolute atomic E-state index is 0.0453. The fourth-order valence-electron chi connectivity index (χ4n) is 6.02. The summed E-state index contributed by atoms with van der Waals surface area (Å²) in [6.07, 6.45) is 4.42. The summed E-state index contributed by atoms with van der Waals surface area (Å²) in [4.78, 5) is 44.1. The van der Waals surface area contributed by atoms with E-state index in [-0.39, 0.29) is 5.92 Å². The Morgan fingerprint density at radius 1 is 1.05 bits per heavy atom. The molecule has 1 aliphatic rings. The van der Waals surface area contributed by atoms with Gasteiger partial charge in [-0.1, -0.05) is 65.3 Å². The highest BCUT2D eigenvalue weighted by atomic mass is 35.5. The summed E-state index contributed by atoms with van der Waals surface area (Å²) >= 11 is 6.11. The minimum Gasteiger partial charge on any atom is -0.340 e. The number of aromatic nitrogens is 4. The molecule has 2 aromatic heterocycles. The number of nitrogens with one attached hydrogen (secondary N) is 1. The summed E-state index contributed by atoms with van der Waals surface area (Å²) in [6.45, 7) is 11.4. The van der Waals surface area contributed by atoms with Gasteiger partial charge in [0, 0.05) is 57.9 Å². The number of hydrogen-bond donors (Lipinski definition) is 3. The Morgan fingerprint density at radius 3 is 2.15 bits per heavy atom. The van der Waals surface area contributed by atoms with Crippen molar-refractivity contribution in [3.63, 3.8) is 0 Å². The summed E-state index contributed by atoms with van der Waals surface area (Å²) in [5.41, 5.74) is 0.596. The zero-order valence-electron chi connectivity index (χ0n) is 23.7. The molecule has 12 heteroatoms. The third kappa shape index (κ3) is 5.87. The van der Waals surface area contributed by atoms with Gasteiger partial charge in [0.2, 0.25) is 0 Å². The SMILES string of the molecule is CC(C)(C)C(OP(=O)(O)O)(C(=O)N1CCC(c2[nH]nc(-c3ccc(Cl)cc3)c2-c2ccncn2)CC1)C(C)(C)C. The van der Waals surface area contributed by atoms with E-state index in [2.05, 4.69) is 20.2 Å². The maximum Gasteiger partial charge on any atom is 0.470 e. The maximum absolute atomic E-state index is 14.1. The standard InChI is InChI=1S/C28H37ClN5O5P/c1-26(2,3)28(27(4,5)6,39-40(36,37)38)25(35)34-15-12-19(13-16-34)24-22(21-11-14-30-17-31-21)23(32-33-24)18-7-9-20(29)10-8-18/h7-11,14,17,19H,12-13,15-16H2,1-6H3,(H,32,33)(H2,36,37,38). The summed E-state index contributed by atoms with van der Waals surface area (Å²) in [7, 11) is -5.00. The number of phosphoric ester groups is 1. The number of benzene rings is 1. The number of phosphoric acid groups is 1. The van der Waals surface area contributed by atoms with Crippen molar-refractivity contribution in [2.24, 2.45) is 10.8 Å². The number of hydrogen-bond acceptors (Lipinski definition) is 6. The Balaban J connectivity index is 1.66. The molecule has 0 aliphatic carbocycles. The fourth-order valence-corrected chi connectivity index (χ4v) is 7.13. The molecule has 216 valence electrons. The Bertz CT molecular complexity index is 1370. The highest BCUT2D eigenvalue weighted by Gasteiger charge is 2.62. The largest absolute Gasteiger partial charge is 0.470 e. The average molecular weight is 590 g/mol. The van der Waals surface area contributed by atoms with Crippen molar-refractivity contribution in [2.45, 2.75) is 65.9 Å². The number of aromatic amines is 1. The van der Waals surface area contributed by atoms with Gasteiger partial charge in [-0.05, 0) is 31.0 Å². The third-order valence-corrected chi connectivity index (χ3v) is 8.37. The monoisotopic (exact) mass is 589 g/mol. The first kappa shape index (κ1) is 30.3. The second-order valence-electron chi connectivity index (χ2n) is 12.3. The molecule has 3 N–H and O–H groups in total. The maximum atomic E-state index is 14.1. The van der Waals surface area contributed by atoms with Gasteiger partial charge >= 0.3 is 7.82 Å². The van der Waals surface area contributed by atoms with Crippen LogP contribution in [0.1, 0.15) is 66.0 Å². The van der Waals surface area contributed by atoms with Crippen molar-refractivity contribution in [3.8, 4) is 22.5 Å². The van der Waals surface area contributed by atoms with Crippen LogP contribution in [-0.4, -0.2) is 59.4 Å². The van der Waals surface area contributed by atoms with E-state index in [9.17, 15) is 19.1 Å². The van der Waals surface area contributed by atoms with Gasteiger partial charge < -0.3 is 14.7 Å². The molecule has 10 nitrogen and oxygen atoms in total. The molecular weight excluding hydrogens is 553 g/mol. The van der Waals surface area contributed by atoms with Crippen molar-refractivity contribution in [2.75, 3.05) is 13.1 Å². The van der Waals surface area contributed by atoms with E-state index in [4.69, 9.17) is 16.1 Å². The van der Waals surface area contributed by atoms with Crippen LogP contribution in [0.5, 0.6) is 0 Å². The van der Waals surface area contributed by atoms with Gasteiger partial charge in [-0.25, -0.2) is 14.5 Å². The van der Waals surface area contributed by atoms with E-state index < -0.39 is 30.2 Å². The van der Waals surface area contributed by atoms with Crippen LogP contribution in [0.25, 0.3) is 22.5 Å². The smallest absolute Gasteiger partial charge is 0.340 e. The Kier molecular flexibility index (Phi) is 8.33. The molecule has 1 aromatic carbocycles. The van der Waals surface area contributed by atoms with E-state index >= 15 is 0 Å². The molecule has 0 bridgehead atoms. The summed E-state index contributed by atoms with van der Waals surface area (Å²) in [5.74, 6) is -0.374. The van der Waals surface area contributed by atoms with Crippen LogP contribution in [0.2, 0.25) is 5.02 Å². The lowest BCUT2D eigenvalue weighted by molar-refractivity contribution is -0.182. The molecular formula is C28H37ClN5O5P. The molecule has 0 unspecified atom stereocenters. The molecule has 40 heavy (non-hydrogen) atoms. The normalized spacial score (nSPS) is 15.9. The Labute approximate surface area is 239 Å². The fraction of sp³-hybridized carbons (Fsp3) is 0.500. The molecule has 4 rings (SSSR count). The molecule has 1 aliphatic heterocycles. The molecule has 1 saturated heterocycles. The zero-order chi connectivity index (χ0) is 29.5. The van der Waals surface area contributed by atoms with Crippen LogP contribution < -0.4 is 0 Å². The quantitative estimate of drug-likeness (QED) is 0.305. The van der Waals surface area contributed by atoms with Crippen molar-refractivity contribution < 1.29 is 23.7 Å². The number of amides is 1. The molecule has 0 radical (unpaired) electrons. The van der Waals surface area contributed by atoms with Gasteiger partial charge in [0.1, 0.15) is 12.0 Å². The van der Waals surface area contributed by atoms with E-state index in [0.29, 0.717) is 31.0 Å². The molecule has 0 spiro atoms. The number of halogens is 1. The van der Waals surface area contributed by atoms with E-state index in [1.807, 2.05) is 30.3 Å². The molecule has 1 fully saturated rings. The van der Waals surface area contributed by atoms with Crippen molar-refractivity contribution >= 4 is 25.3 Å². The first-order chi connectivity index (χ1) is 18.5. The van der Waals surface area contributed by atoms with Crippen molar-refractivity contribution in [1.29, 1.82) is 0 Å². The van der Waals surface area contributed by atoms with Crippen LogP contribution in [0.4, 0.5) is 0 Å². The van der Waals surface area contributed by atoms with Crippen LogP contribution in [0.15, 0.2) is 42.9 Å². The van der Waals surface area contributed by atoms with Gasteiger partial charge in [0.25, 0.3) is 5.91 Å². The number of rotatable bonds is 6. The number of piperidine rings is 1. The molecule has 0 saturated carbocycles. The van der Waals surface area contributed by atoms with Crippen LogP contribution in [-0.2, 0) is 13.9 Å². The van der Waals surface area contributed by atoms with Gasteiger partial charge in [-0.3, -0.25) is 14.4 Å². The van der Waals surface area contributed by atoms with Gasteiger partial charge in [-0.2, -0.15) is 5.10 Å². The number of H-pyrrole nitrogens is 1. The molecule has 3 heterocycles. The number of likely N-dealkylation sites (tertiary alicyclic amines) is 1. The summed E-state index contributed by atoms with van der Waals surface area (Å²) in [5, 5.41) is 8.51. The lowest BCUT2D eigenvalue weighted by Crippen LogP contribution is -2.65. The van der Waals surface area contributed by atoms with E-state index in [0.717, 1.165) is 28.2 Å². The highest BCUT2D eigenvalue weighted by molar-refractivity contribution is 7.46. The minimum atomic E-state index is -5.00. The summed E-state index contributed by atoms with van der Waals surface area (Å²) in [6, 6.07) is 9.29. The zero-order valence-corrected chi connectivity index (χ0v) is 25.3. The van der Waals surface area contributed by atoms with Crippen LogP contribution >= 0.6 is 19.4 Å². The first-order valence-electron chi connectivity index (χ1n) is 13.2. The second-order valence-corrected chi connectivity index (χ2v) is 13.9. The predicted octanol–water partition coefficient (Wildman–Crippen LogP) is 5.83. The highest BCUT2D eigenvalue weighted by Crippen LogP contribution is 2.56. The van der Waals surface area contributed by atoms with Crippen molar-refractivity contribution in [1.82, 2.24) is 25.1 Å². The second kappa shape index (κ2) is 11.0. The van der Waals surface area contributed by atoms with Gasteiger partial charge in [0.15, 0.2) is 5.60 Å². The summed E-state index contributed by atoms with van der Waals surface area (Å²) < 4.78 is 17.6. The number of carbonyl (C=O) groups excluding carboxylic acids is 1. The molecule has 0 atom stereocenters. The van der Waals surface area contributed by atoms with E-state index in [1.54, 1.807) is 52.6 Å². The topological polar surface area (TPSA) is 142 Å². The lowest BCUT2D eigenvalue weighted by Gasteiger charge is -2.53. The average Bonchev–Trinajstić information content (AvgIpc) is 3.31. The van der Waals surface area contributed by atoms with Crippen molar-refractivity contribution in [3.05, 3.63) is 53.6 Å². The Hall–Kier alpha value is -2.62. The lowest BCUT2D eigenvalue weighted by atomic mass is 9.61. The predicted molar refractivity (Wildman–Crippen MR) is 153 cm³/mol. The number of carbonyl (C=O) groups is 1. The van der Waals surface area contributed by atoms with Crippen LogP contribution in [0.3, 0.4) is 0 Å². The third-order valence-electron chi connectivity index (χ3n) is 7.61. The molecule has 3 aromatic rings. The Morgan fingerprint density at radius 2 is 1.65 bits per heavy atom.